The monoisotopic (exact) mass is 412 g/mol. The first-order valence-electron chi connectivity index (χ1n) is 9.67. The lowest BCUT2D eigenvalue weighted by atomic mass is 10.2. The Kier molecular flexibility index (Phi) is 7.39. The van der Waals surface area contributed by atoms with E-state index in [1.807, 2.05) is 66.4 Å². The number of rotatable bonds is 5. The van der Waals surface area contributed by atoms with Crippen LogP contribution in [-0.4, -0.2) is 35.7 Å². The minimum atomic E-state index is 0.404. The van der Waals surface area contributed by atoms with Crippen LogP contribution in [0.1, 0.15) is 5.69 Å². The lowest BCUT2D eigenvalue weighted by Crippen LogP contribution is -2.17. The van der Waals surface area contributed by atoms with Crippen LogP contribution in [0.4, 0.5) is 11.4 Å². The molecule has 2 aromatic heterocycles. The fraction of sp³-hybridized carbons (Fsp3) is 0.160. The summed E-state index contributed by atoms with van der Waals surface area (Å²) in [5.74, 6) is 4.11. The minimum absolute atomic E-state index is 0.404. The van der Waals surface area contributed by atoms with E-state index in [1.54, 1.807) is 32.8 Å². The van der Waals surface area contributed by atoms with Crippen molar-refractivity contribution in [3.05, 3.63) is 78.9 Å². The van der Waals surface area contributed by atoms with E-state index < -0.39 is 0 Å². The number of hydrogen-bond acceptors (Lipinski definition) is 6. The molecular formula is C25H24N4O2. The maximum Gasteiger partial charge on any atom is 0.124 e. The molecule has 0 spiro atoms. The molecule has 4 rings (SSSR count). The van der Waals surface area contributed by atoms with Gasteiger partial charge in [0.25, 0.3) is 0 Å². The lowest BCUT2D eigenvalue weighted by Gasteiger charge is -2.24. The van der Waals surface area contributed by atoms with Gasteiger partial charge in [-0.1, -0.05) is 12.0 Å². The Bertz CT molecular complexity index is 1120. The minimum Gasteiger partial charge on any atom is -0.497 e. The summed E-state index contributed by atoms with van der Waals surface area (Å²) in [7, 11) is 3.25. The van der Waals surface area contributed by atoms with Gasteiger partial charge in [0.15, 0.2) is 0 Å². The Labute approximate surface area is 182 Å². The number of hydrogen-bond donors (Lipinski definition) is 0. The molecule has 0 unspecified atom stereocenters. The molecule has 2 heterocycles. The molecule has 2 aromatic carbocycles. The Morgan fingerprint density at radius 3 is 2.16 bits per heavy atom. The number of nitrogens with zero attached hydrogens (tertiary/aromatic N) is 4. The Hall–Kier alpha value is -4.11. The van der Waals surface area contributed by atoms with Crippen molar-refractivity contribution in [1.29, 1.82) is 0 Å². The van der Waals surface area contributed by atoms with Gasteiger partial charge in [-0.25, -0.2) is 4.98 Å². The molecule has 0 bridgehead atoms. The number of ether oxygens (including phenoxy) is 2. The number of anilines is 2. The predicted molar refractivity (Wildman–Crippen MR) is 124 cm³/mol. The molecule has 0 saturated carbocycles. The van der Waals surface area contributed by atoms with Crippen molar-refractivity contribution in [1.82, 2.24) is 15.0 Å². The van der Waals surface area contributed by atoms with Gasteiger partial charge in [-0.05, 0) is 37.3 Å². The molecule has 0 saturated heterocycles. The SMILES string of the molecule is C#CCN(c1cc(OC)cc(OC)c1)c1ccc2ncc(C)nc2c1.c1ccncc1. The number of aromatic nitrogens is 3. The van der Waals surface area contributed by atoms with Crippen molar-refractivity contribution in [3.63, 3.8) is 0 Å². The molecule has 0 atom stereocenters. The molecular weight excluding hydrogens is 388 g/mol. The van der Waals surface area contributed by atoms with Gasteiger partial charge in [0.1, 0.15) is 11.5 Å². The van der Waals surface area contributed by atoms with Gasteiger partial charge in [-0.15, -0.1) is 6.42 Å². The highest BCUT2D eigenvalue weighted by molar-refractivity contribution is 5.81. The van der Waals surface area contributed by atoms with Gasteiger partial charge >= 0.3 is 0 Å². The van der Waals surface area contributed by atoms with Gasteiger partial charge in [0, 0.05) is 48.2 Å². The first kappa shape index (κ1) is 21.6. The zero-order valence-electron chi connectivity index (χ0n) is 17.8. The zero-order chi connectivity index (χ0) is 22.1. The topological polar surface area (TPSA) is 60.4 Å². The molecule has 4 aromatic rings. The molecule has 0 aliphatic carbocycles. The van der Waals surface area contributed by atoms with Crippen LogP contribution in [0.5, 0.6) is 11.5 Å². The molecule has 0 amide bonds. The molecule has 0 aliphatic heterocycles. The van der Waals surface area contributed by atoms with Crippen LogP contribution in [0.2, 0.25) is 0 Å². The van der Waals surface area contributed by atoms with E-state index in [-0.39, 0.29) is 0 Å². The molecule has 6 heteroatoms. The van der Waals surface area contributed by atoms with E-state index in [0.717, 1.165) is 28.1 Å². The van der Waals surface area contributed by atoms with E-state index >= 15 is 0 Å². The number of aryl methyl sites for hydroxylation is 1. The van der Waals surface area contributed by atoms with Gasteiger partial charge in [0.2, 0.25) is 0 Å². The van der Waals surface area contributed by atoms with Gasteiger partial charge < -0.3 is 14.4 Å². The first-order valence-corrected chi connectivity index (χ1v) is 9.67. The summed E-state index contributed by atoms with van der Waals surface area (Å²) < 4.78 is 10.7. The standard InChI is InChI=1S/C20H19N3O2.C5H5N/c1-5-8-23(16-9-17(24-3)12-18(10-16)25-4)15-6-7-19-20(11-15)22-14(2)13-21-19;1-2-4-6-5-3-1/h1,6-7,9-13H,8H2,2-4H3;1-5H. The lowest BCUT2D eigenvalue weighted by molar-refractivity contribution is 0.394. The molecule has 6 nitrogen and oxygen atoms in total. The second-order valence-electron chi connectivity index (χ2n) is 6.57. The summed E-state index contributed by atoms with van der Waals surface area (Å²) >= 11 is 0. The predicted octanol–water partition coefficient (Wildman–Crippen LogP) is 4.81. The number of pyridine rings is 1. The van der Waals surface area contributed by atoms with Crippen molar-refractivity contribution in [3.8, 4) is 23.8 Å². The van der Waals surface area contributed by atoms with E-state index in [9.17, 15) is 0 Å². The van der Waals surface area contributed by atoms with Crippen LogP contribution in [0.25, 0.3) is 11.0 Å². The number of fused-ring (bicyclic) bond motifs is 1. The smallest absolute Gasteiger partial charge is 0.124 e. The summed E-state index contributed by atoms with van der Waals surface area (Å²) in [6.07, 6.45) is 10.9. The fourth-order valence-electron chi connectivity index (χ4n) is 2.94. The molecule has 0 aliphatic rings. The van der Waals surface area contributed by atoms with Crippen LogP contribution in [0.3, 0.4) is 0 Å². The second kappa shape index (κ2) is 10.6. The van der Waals surface area contributed by atoms with Crippen molar-refractivity contribution in [2.24, 2.45) is 0 Å². The van der Waals surface area contributed by atoms with Crippen LogP contribution in [0, 0.1) is 19.3 Å². The van der Waals surface area contributed by atoms with E-state index in [1.165, 1.54) is 0 Å². The largest absolute Gasteiger partial charge is 0.497 e. The quantitative estimate of drug-likeness (QED) is 0.439. The van der Waals surface area contributed by atoms with Crippen molar-refractivity contribution in [2.45, 2.75) is 6.92 Å². The average Bonchev–Trinajstić information content (AvgIpc) is 2.83. The van der Waals surface area contributed by atoms with E-state index in [2.05, 4.69) is 20.9 Å². The van der Waals surface area contributed by atoms with Gasteiger partial charge in [-0.2, -0.15) is 0 Å². The first-order chi connectivity index (χ1) is 15.1. The Morgan fingerprint density at radius 2 is 1.61 bits per heavy atom. The second-order valence-corrected chi connectivity index (χ2v) is 6.57. The van der Waals surface area contributed by atoms with Gasteiger partial charge in [-0.3, -0.25) is 9.97 Å². The highest BCUT2D eigenvalue weighted by Gasteiger charge is 2.13. The molecule has 31 heavy (non-hydrogen) atoms. The van der Waals surface area contributed by atoms with Crippen LogP contribution in [0.15, 0.2) is 73.2 Å². The number of benzene rings is 2. The van der Waals surface area contributed by atoms with E-state index in [0.29, 0.717) is 18.0 Å². The van der Waals surface area contributed by atoms with Crippen LogP contribution >= 0.6 is 0 Å². The normalized spacial score (nSPS) is 9.87. The third kappa shape index (κ3) is 5.71. The summed E-state index contributed by atoms with van der Waals surface area (Å²) in [5.41, 5.74) is 4.36. The Balaban J connectivity index is 0.000000391. The van der Waals surface area contributed by atoms with Crippen molar-refractivity contribution < 1.29 is 9.47 Å². The average molecular weight is 412 g/mol. The summed E-state index contributed by atoms with van der Waals surface area (Å²) in [4.78, 5) is 14.7. The maximum absolute atomic E-state index is 5.60. The zero-order valence-corrected chi connectivity index (χ0v) is 17.8. The van der Waals surface area contributed by atoms with Crippen molar-refractivity contribution >= 4 is 22.4 Å². The van der Waals surface area contributed by atoms with E-state index in [4.69, 9.17) is 15.9 Å². The number of methoxy groups -OCH3 is 2. The third-order valence-corrected chi connectivity index (χ3v) is 4.42. The molecule has 0 fully saturated rings. The Morgan fingerprint density at radius 1 is 0.903 bits per heavy atom. The highest BCUT2D eigenvalue weighted by Crippen LogP contribution is 2.33. The summed E-state index contributed by atoms with van der Waals surface area (Å²) in [6, 6.07) is 17.3. The fourth-order valence-corrected chi connectivity index (χ4v) is 2.94. The van der Waals surface area contributed by atoms with Crippen LogP contribution < -0.4 is 14.4 Å². The maximum atomic E-state index is 5.60. The summed E-state index contributed by atoms with van der Waals surface area (Å²) in [5, 5.41) is 0. The van der Waals surface area contributed by atoms with Crippen molar-refractivity contribution in [2.75, 3.05) is 25.7 Å². The third-order valence-electron chi connectivity index (χ3n) is 4.42. The highest BCUT2D eigenvalue weighted by atomic mass is 16.5. The molecule has 0 radical (unpaired) electrons. The number of terminal acetylenes is 1. The summed E-state index contributed by atoms with van der Waals surface area (Å²) in [6.45, 7) is 2.33. The van der Waals surface area contributed by atoms with Crippen LogP contribution in [-0.2, 0) is 0 Å². The van der Waals surface area contributed by atoms with Gasteiger partial charge in [0.05, 0.1) is 37.5 Å². The molecule has 156 valence electrons. The molecule has 0 N–H and O–H groups in total.